The molecule has 2 aromatic carbocycles. The lowest BCUT2D eigenvalue weighted by Gasteiger charge is -2.40. The highest BCUT2D eigenvalue weighted by atomic mass is 19.1. The normalized spacial score (nSPS) is 17.7. The lowest BCUT2D eigenvalue weighted by Crippen LogP contribution is -2.48. The Hall–Kier alpha value is -2.87. The SMILES string of the molecule is CC(C)Oc1ccc(N2CCC(O)(CNc3ccc(F)c4c3CCC(=O)N4)CC2)c(F)c1. The van der Waals surface area contributed by atoms with Crippen molar-refractivity contribution in [2.24, 2.45) is 0 Å². The van der Waals surface area contributed by atoms with Gasteiger partial charge >= 0.3 is 0 Å². The second-order valence-corrected chi connectivity index (χ2v) is 8.84. The first-order chi connectivity index (χ1) is 15.2. The van der Waals surface area contributed by atoms with Gasteiger partial charge in [-0.15, -0.1) is 0 Å². The smallest absolute Gasteiger partial charge is 0.224 e. The predicted molar refractivity (Wildman–Crippen MR) is 120 cm³/mol. The monoisotopic (exact) mass is 445 g/mol. The molecule has 6 nitrogen and oxygen atoms in total. The number of rotatable bonds is 6. The second-order valence-electron chi connectivity index (χ2n) is 8.84. The lowest BCUT2D eigenvalue weighted by molar-refractivity contribution is -0.116. The summed E-state index contributed by atoms with van der Waals surface area (Å²) in [5.41, 5.74) is 1.18. The highest BCUT2D eigenvalue weighted by molar-refractivity contribution is 5.95. The van der Waals surface area contributed by atoms with Crippen molar-refractivity contribution in [2.45, 2.75) is 51.2 Å². The molecular formula is C24H29F2N3O3. The topological polar surface area (TPSA) is 73.8 Å². The molecule has 8 heteroatoms. The Bertz CT molecular complexity index is 1000. The van der Waals surface area contributed by atoms with Gasteiger partial charge in [0.15, 0.2) is 0 Å². The summed E-state index contributed by atoms with van der Waals surface area (Å²) in [6.45, 7) is 5.09. The maximum Gasteiger partial charge on any atom is 0.224 e. The van der Waals surface area contributed by atoms with E-state index in [0.29, 0.717) is 55.9 Å². The van der Waals surface area contributed by atoms with Crippen molar-refractivity contribution in [1.29, 1.82) is 0 Å². The molecule has 0 aromatic heterocycles. The summed E-state index contributed by atoms with van der Waals surface area (Å²) in [6.07, 6.45) is 1.65. The van der Waals surface area contributed by atoms with Crippen LogP contribution in [0, 0.1) is 11.6 Å². The molecule has 0 radical (unpaired) electrons. The molecule has 1 amide bonds. The summed E-state index contributed by atoms with van der Waals surface area (Å²) >= 11 is 0. The number of aliphatic hydroxyl groups is 1. The zero-order chi connectivity index (χ0) is 22.9. The number of anilines is 3. The number of benzene rings is 2. The van der Waals surface area contributed by atoms with Gasteiger partial charge in [0.2, 0.25) is 5.91 Å². The van der Waals surface area contributed by atoms with Crippen LogP contribution in [0.2, 0.25) is 0 Å². The van der Waals surface area contributed by atoms with Crippen LogP contribution in [0.4, 0.5) is 25.8 Å². The van der Waals surface area contributed by atoms with Crippen molar-refractivity contribution in [2.75, 3.05) is 35.2 Å². The summed E-state index contributed by atoms with van der Waals surface area (Å²) in [5, 5.41) is 16.9. The number of ether oxygens (including phenoxy) is 1. The van der Waals surface area contributed by atoms with Gasteiger partial charge in [-0.05, 0) is 57.4 Å². The number of hydrogen-bond acceptors (Lipinski definition) is 5. The molecule has 0 bridgehead atoms. The molecule has 2 aromatic rings. The first kappa shape index (κ1) is 22.3. The van der Waals surface area contributed by atoms with E-state index in [9.17, 15) is 18.7 Å². The number of nitrogens with zero attached hydrogens (tertiary/aromatic N) is 1. The Balaban J connectivity index is 1.38. The minimum atomic E-state index is -0.965. The van der Waals surface area contributed by atoms with Crippen molar-refractivity contribution in [3.63, 3.8) is 0 Å². The number of fused-ring (bicyclic) bond motifs is 1. The Labute approximate surface area is 186 Å². The molecule has 0 aliphatic carbocycles. The van der Waals surface area contributed by atoms with E-state index in [1.807, 2.05) is 18.7 Å². The van der Waals surface area contributed by atoms with Crippen LogP contribution in [0.25, 0.3) is 0 Å². The van der Waals surface area contributed by atoms with Crippen LogP contribution in [-0.4, -0.2) is 42.4 Å². The van der Waals surface area contributed by atoms with Gasteiger partial charge in [-0.3, -0.25) is 4.79 Å². The molecule has 172 valence electrons. The third-order valence-electron chi connectivity index (χ3n) is 6.06. The van der Waals surface area contributed by atoms with Crippen molar-refractivity contribution >= 4 is 23.0 Å². The highest BCUT2D eigenvalue weighted by Gasteiger charge is 2.33. The molecule has 2 aliphatic heterocycles. The summed E-state index contributed by atoms with van der Waals surface area (Å²) in [7, 11) is 0. The quantitative estimate of drug-likeness (QED) is 0.625. The molecule has 1 fully saturated rings. The van der Waals surface area contributed by atoms with E-state index >= 15 is 0 Å². The van der Waals surface area contributed by atoms with Gasteiger partial charge in [0.1, 0.15) is 17.4 Å². The average Bonchev–Trinajstić information content (AvgIpc) is 2.74. The highest BCUT2D eigenvalue weighted by Crippen LogP contribution is 2.34. The van der Waals surface area contributed by atoms with Crippen molar-refractivity contribution in [3.8, 4) is 5.75 Å². The number of carbonyl (C=O) groups excluding carboxylic acids is 1. The van der Waals surface area contributed by atoms with Crippen LogP contribution >= 0.6 is 0 Å². The molecule has 4 rings (SSSR count). The molecular weight excluding hydrogens is 416 g/mol. The van der Waals surface area contributed by atoms with Gasteiger partial charge in [0, 0.05) is 43.4 Å². The molecule has 0 spiro atoms. The van der Waals surface area contributed by atoms with Gasteiger partial charge < -0.3 is 25.4 Å². The number of hydrogen-bond donors (Lipinski definition) is 3. The number of nitrogens with one attached hydrogen (secondary N) is 2. The Morgan fingerprint density at radius 3 is 2.59 bits per heavy atom. The van der Waals surface area contributed by atoms with Crippen LogP contribution in [0.3, 0.4) is 0 Å². The molecule has 1 saturated heterocycles. The van der Waals surface area contributed by atoms with Crippen LogP contribution in [0.5, 0.6) is 5.75 Å². The van der Waals surface area contributed by atoms with E-state index in [1.165, 1.54) is 12.1 Å². The van der Waals surface area contributed by atoms with E-state index in [2.05, 4.69) is 10.6 Å². The number of halogens is 2. The van der Waals surface area contributed by atoms with Crippen LogP contribution in [0.1, 0.15) is 38.7 Å². The Morgan fingerprint density at radius 1 is 1.16 bits per heavy atom. The van der Waals surface area contributed by atoms with E-state index in [-0.39, 0.29) is 30.1 Å². The summed E-state index contributed by atoms with van der Waals surface area (Å²) in [4.78, 5) is 13.5. The van der Waals surface area contributed by atoms with Gasteiger partial charge in [0.25, 0.3) is 0 Å². The minimum absolute atomic E-state index is 0.0271. The fraction of sp³-hybridized carbons (Fsp3) is 0.458. The van der Waals surface area contributed by atoms with Crippen molar-refractivity contribution < 1.29 is 23.4 Å². The summed E-state index contributed by atoms with van der Waals surface area (Å²) in [5.74, 6) is -0.502. The number of amides is 1. The fourth-order valence-electron chi connectivity index (χ4n) is 4.31. The molecule has 2 aliphatic rings. The fourth-order valence-corrected chi connectivity index (χ4v) is 4.31. The predicted octanol–water partition coefficient (Wildman–Crippen LogP) is 4.08. The third kappa shape index (κ3) is 4.80. The summed E-state index contributed by atoms with van der Waals surface area (Å²) in [6, 6.07) is 7.83. The first-order valence-corrected chi connectivity index (χ1v) is 11.0. The largest absolute Gasteiger partial charge is 0.491 e. The van der Waals surface area contributed by atoms with Gasteiger partial charge in [0.05, 0.1) is 23.1 Å². The van der Waals surface area contributed by atoms with Crippen LogP contribution < -0.4 is 20.3 Å². The molecule has 2 heterocycles. The average molecular weight is 446 g/mol. The molecule has 32 heavy (non-hydrogen) atoms. The Kier molecular flexibility index (Phi) is 6.24. The molecule has 0 unspecified atom stereocenters. The van der Waals surface area contributed by atoms with E-state index in [4.69, 9.17) is 4.74 Å². The lowest BCUT2D eigenvalue weighted by atomic mass is 9.90. The zero-order valence-electron chi connectivity index (χ0n) is 18.4. The molecule has 0 saturated carbocycles. The maximum absolute atomic E-state index is 14.6. The molecule has 3 N–H and O–H groups in total. The van der Waals surface area contributed by atoms with Gasteiger partial charge in [-0.1, -0.05) is 0 Å². The second kappa shape index (κ2) is 8.94. The number of piperidine rings is 1. The maximum atomic E-state index is 14.6. The Morgan fingerprint density at radius 2 is 1.91 bits per heavy atom. The summed E-state index contributed by atoms with van der Waals surface area (Å²) < 4.78 is 34.2. The van der Waals surface area contributed by atoms with E-state index in [1.54, 1.807) is 18.2 Å². The zero-order valence-corrected chi connectivity index (χ0v) is 18.4. The first-order valence-electron chi connectivity index (χ1n) is 11.0. The standard InChI is InChI=1S/C24H29F2N3O3/c1-15(2)32-16-3-7-21(19(26)13-16)29-11-9-24(31,10-12-29)14-27-20-6-5-18(25)23-17(20)4-8-22(30)28-23/h3,5-7,13,15,27,31H,4,8-12,14H2,1-2H3,(H,28,30). The van der Waals surface area contributed by atoms with Crippen molar-refractivity contribution in [1.82, 2.24) is 0 Å². The van der Waals surface area contributed by atoms with Crippen LogP contribution in [0.15, 0.2) is 30.3 Å². The van der Waals surface area contributed by atoms with E-state index < -0.39 is 11.4 Å². The van der Waals surface area contributed by atoms with Crippen molar-refractivity contribution in [3.05, 3.63) is 47.5 Å². The third-order valence-corrected chi connectivity index (χ3v) is 6.06. The van der Waals surface area contributed by atoms with E-state index in [0.717, 1.165) is 5.56 Å². The van der Waals surface area contributed by atoms with Crippen LogP contribution in [-0.2, 0) is 11.2 Å². The molecule has 0 atom stereocenters. The minimum Gasteiger partial charge on any atom is -0.491 e. The van der Waals surface area contributed by atoms with Gasteiger partial charge in [-0.25, -0.2) is 8.78 Å². The van der Waals surface area contributed by atoms with Gasteiger partial charge in [-0.2, -0.15) is 0 Å². The number of carbonyl (C=O) groups is 1.